The first-order chi connectivity index (χ1) is 10.9. The van der Waals surface area contributed by atoms with Gasteiger partial charge in [-0.3, -0.25) is 0 Å². The summed E-state index contributed by atoms with van der Waals surface area (Å²) in [5, 5.41) is 15.9. The van der Waals surface area contributed by atoms with Crippen LogP contribution in [0, 0.1) is 6.92 Å². The zero-order valence-corrected chi connectivity index (χ0v) is 14.4. The Morgan fingerprint density at radius 1 is 1.00 bits per heavy atom. The fourth-order valence-electron chi connectivity index (χ4n) is 1.98. The topological polar surface area (TPSA) is 70.0 Å². The number of nitrogens with zero attached hydrogens (tertiary/aromatic N) is 4. The molecule has 0 aliphatic carbocycles. The zero-order chi connectivity index (χ0) is 16.9. The normalized spacial score (nSPS) is 11.7. The molecular weight excluding hydrogens is 292 g/mol. The van der Waals surface area contributed by atoms with Gasteiger partial charge in [0.05, 0.1) is 12.7 Å². The van der Waals surface area contributed by atoms with Crippen LogP contribution in [0.4, 0.5) is 0 Å². The van der Waals surface area contributed by atoms with Gasteiger partial charge in [0, 0.05) is 12.0 Å². The number of ether oxygens (including phenoxy) is 2. The molecule has 124 valence electrons. The van der Waals surface area contributed by atoms with Gasteiger partial charge in [-0.2, -0.15) is 0 Å². The summed E-state index contributed by atoms with van der Waals surface area (Å²) in [7, 11) is 0. The Morgan fingerprint density at radius 3 is 2.17 bits per heavy atom. The molecule has 2 aromatic rings. The Hall–Kier alpha value is -2.08. The van der Waals surface area contributed by atoms with Crippen LogP contribution in [-0.4, -0.2) is 38.7 Å². The molecule has 0 fully saturated rings. The quantitative estimate of drug-likeness (QED) is 0.781. The molecule has 2 rings (SSSR count). The lowest BCUT2D eigenvalue weighted by molar-refractivity contribution is 0.0231. The molecule has 0 atom stereocenters. The number of hydrogen-bond donors (Lipinski definition) is 0. The second-order valence-electron chi connectivity index (χ2n) is 6.33. The summed E-state index contributed by atoms with van der Waals surface area (Å²) < 4.78 is 11.6. The van der Waals surface area contributed by atoms with Crippen molar-refractivity contribution in [3.8, 4) is 17.1 Å². The largest absolute Gasteiger partial charge is 0.488 e. The summed E-state index contributed by atoms with van der Waals surface area (Å²) >= 11 is 0. The van der Waals surface area contributed by atoms with Crippen molar-refractivity contribution in [1.82, 2.24) is 20.4 Å². The van der Waals surface area contributed by atoms with Crippen molar-refractivity contribution in [1.29, 1.82) is 0 Å². The van der Waals surface area contributed by atoms with Gasteiger partial charge in [-0.25, -0.2) is 0 Å². The maximum atomic E-state index is 6.04. The third-order valence-electron chi connectivity index (χ3n) is 3.24. The highest BCUT2D eigenvalue weighted by Crippen LogP contribution is 2.24. The maximum Gasteiger partial charge on any atom is 0.203 e. The second kappa shape index (κ2) is 7.46. The van der Waals surface area contributed by atoms with Crippen LogP contribution in [-0.2, 0) is 4.74 Å². The predicted octanol–water partition coefficient (Wildman–Crippen LogP) is 3.21. The molecule has 0 unspecified atom stereocenters. The highest BCUT2D eigenvalue weighted by atomic mass is 16.5. The van der Waals surface area contributed by atoms with Crippen LogP contribution in [0.1, 0.15) is 39.9 Å². The van der Waals surface area contributed by atoms with Gasteiger partial charge in [-0.1, -0.05) is 0 Å². The average molecular weight is 316 g/mol. The molecule has 0 amide bonds. The summed E-state index contributed by atoms with van der Waals surface area (Å²) in [6.07, 6.45) is 1.06. The van der Waals surface area contributed by atoms with E-state index < -0.39 is 0 Å². The molecule has 0 bridgehead atoms. The van der Waals surface area contributed by atoms with Crippen molar-refractivity contribution >= 4 is 0 Å². The molecule has 0 spiro atoms. The van der Waals surface area contributed by atoms with E-state index in [0.717, 1.165) is 17.7 Å². The predicted molar refractivity (Wildman–Crippen MR) is 88.2 cm³/mol. The van der Waals surface area contributed by atoms with Gasteiger partial charge < -0.3 is 9.47 Å². The Labute approximate surface area is 137 Å². The van der Waals surface area contributed by atoms with Gasteiger partial charge in [-0.05, 0) is 58.9 Å². The van der Waals surface area contributed by atoms with Gasteiger partial charge in [0.25, 0.3) is 0 Å². The number of hydrogen-bond acceptors (Lipinski definition) is 6. The highest BCUT2D eigenvalue weighted by Gasteiger charge is 2.20. The summed E-state index contributed by atoms with van der Waals surface area (Å²) in [6.45, 7) is 10.6. The number of rotatable bonds is 7. The summed E-state index contributed by atoms with van der Waals surface area (Å²) in [4.78, 5) is 0. The minimum absolute atomic E-state index is 0.238. The van der Waals surface area contributed by atoms with Gasteiger partial charge in [0.1, 0.15) is 11.4 Å². The van der Waals surface area contributed by atoms with Crippen molar-refractivity contribution in [2.75, 3.05) is 6.61 Å². The van der Waals surface area contributed by atoms with Gasteiger partial charge in [0.2, 0.25) is 5.82 Å². The minimum Gasteiger partial charge on any atom is -0.488 e. The fraction of sp³-hybridized carbons (Fsp3) is 0.529. The first kappa shape index (κ1) is 17.3. The molecular formula is C17H24N4O2. The van der Waals surface area contributed by atoms with Gasteiger partial charge >= 0.3 is 0 Å². The fourth-order valence-corrected chi connectivity index (χ4v) is 1.98. The smallest absolute Gasteiger partial charge is 0.203 e. The van der Waals surface area contributed by atoms with Crippen LogP contribution in [0.25, 0.3) is 11.4 Å². The van der Waals surface area contributed by atoms with E-state index in [9.17, 15) is 0 Å². The van der Waals surface area contributed by atoms with E-state index in [1.807, 2.05) is 38.1 Å². The van der Waals surface area contributed by atoms with Crippen molar-refractivity contribution in [2.45, 2.75) is 52.7 Å². The van der Waals surface area contributed by atoms with Crippen LogP contribution in [0.3, 0.4) is 0 Å². The average Bonchev–Trinajstić information content (AvgIpc) is 2.48. The van der Waals surface area contributed by atoms with Crippen molar-refractivity contribution in [3.63, 3.8) is 0 Å². The molecule has 6 nitrogen and oxygen atoms in total. The first-order valence-corrected chi connectivity index (χ1v) is 7.81. The lowest BCUT2D eigenvalue weighted by atomic mass is 10.1. The molecule has 23 heavy (non-hydrogen) atoms. The minimum atomic E-state index is -0.292. The molecule has 6 heteroatoms. The van der Waals surface area contributed by atoms with Gasteiger partial charge in [0.15, 0.2) is 5.82 Å². The van der Waals surface area contributed by atoms with Crippen molar-refractivity contribution in [2.24, 2.45) is 0 Å². The summed E-state index contributed by atoms with van der Waals surface area (Å²) in [6, 6.07) is 7.63. The Morgan fingerprint density at radius 2 is 1.61 bits per heavy atom. The standard InChI is InChI=1S/C17H24N4O2/c1-12(2)22-11-10-17(4,5)23-15-8-6-14(7-9-15)16-20-18-13(3)19-21-16/h6-9,12H,10-11H2,1-5H3. The molecule has 0 radical (unpaired) electrons. The highest BCUT2D eigenvalue weighted by molar-refractivity contribution is 5.55. The van der Waals surface area contributed by atoms with E-state index in [-0.39, 0.29) is 11.7 Å². The van der Waals surface area contributed by atoms with Crippen LogP contribution >= 0.6 is 0 Å². The molecule has 0 saturated carbocycles. The summed E-state index contributed by atoms with van der Waals surface area (Å²) in [5.74, 6) is 1.86. The SMILES string of the molecule is Cc1nnc(-c2ccc(OC(C)(C)CCOC(C)C)cc2)nn1. The zero-order valence-electron chi connectivity index (χ0n) is 14.4. The van der Waals surface area contributed by atoms with Gasteiger partial charge in [-0.15, -0.1) is 20.4 Å². The monoisotopic (exact) mass is 316 g/mol. The Balaban J connectivity index is 1.97. The molecule has 1 aromatic carbocycles. The van der Waals surface area contributed by atoms with Crippen LogP contribution in [0.5, 0.6) is 5.75 Å². The Bertz CT molecular complexity index is 609. The van der Waals surface area contributed by atoms with E-state index in [4.69, 9.17) is 9.47 Å². The molecule has 1 heterocycles. The lowest BCUT2D eigenvalue weighted by Crippen LogP contribution is -2.30. The van der Waals surface area contributed by atoms with Crippen molar-refractivity contribution in [3.05, 3.63) is 30.1 Å². The second-order valence-corrected chi connectivity index (χ2v) is 6.33. The third-order valence-corrected chi connectivity index (χ3v) is 3.24. The van der Waals surface area contributed by atoms with Crippen LogP contribution < -0.4 is 4.74 Å². The van der Waals surface area contributed by atoms with Crippen molar-refractivity contribution < 1.29 is 9.47 Å². The van der Waals surface area contributed by atoms with E-state index in [2.05, 4.69) is 34.2 Å². The summed E-state index contributed by atoms with van der Waals surface area (Å²) in [5.41, 5.74) is 0.568. The number of benzene rings is 1. The number of aromatic nitrogens is 4. The van der Waals surface area contributed by atoms with Crippen LogP contribution in [0.15, 0.2) is 24.3 Å². The van der Waals surface area contributed by atoms with E-state index in [1.165, 1.54) is 0 Å². The molecule has 0 aliphatic rings. The lowest BCUT2D eigenvalue weighted by Gasteiger charge is -2.27. The van der Waals surface area contributed by atoms with Crippen LogP contribution in [0.2, 0.25) is 0 Å². The molecule has 0 N–H and O–H groups in total. The van der Waals surface area contributed by atoms with E-state index in [1.54, 1.807) is 6.92 Å². The first-order valence-electron chi connectivity index (χ1n) is 7.81. The molecule has 0 aliphatic heterocycles. The molecule has 1 aromatic heterocycles. The Kier molecular flexibility index (Phi) is 5.60. The maximum absolute atomic E-state index is 6.04. The van der Waals surface area contributed by atoms with E-state index in [0.29, 0.717) is 18.3 Å². The third kappa shape index (κ3) is 5.56. The number of aryl methyl sites for hydroxylation is 1. The van der Waals surface area contributed by atoms with E-state index >= 15 is 0 Å². The molecule has 0 saturated heterocycles.